The summed E-state index contributed by atoms with van der Waals surface area (Å²) in [6.07, 6.45) is 7.92. The van der Waals surface area contributed by atoms with E-state index in [-0.39, 0.29) is 11.0 Å². The summed E-state index contributed by atoms with van der Waals surface area (Å²) in [6.45, 7) is 15.4. The van der Waals surface area contributed by atoms with Crippen LogP contribution < -0.4 is 0 Å². The zero-order valence-corrected chi connectivity index (χ0v) is 14.2. The third-order valence-corrected chi connectivity index (χ3v) is 3.03. The molecular formula is C17H36O2. The van der Waals surface area contributed by atoms with Gasteiger partial charge in [-0.1, -0.05) is 52.9 Å². The fourth-order valence-electron chi connectivity index (χ4n) is 1.79. The van der Waals surface area contributed by atoms with E-state index in [1.807, 2.05) is 0 Å². The van der Waals surface area contributed by atoms with Crippen LogP contribution in [0.4, 0.5) is 0 Å². The maximum absolute atomic E-state index is 5.84. The van der Waals surface area contributed by atoms with Crippen LogP contribution in [0.25, 0.3) is 0 Å². The van der Waals surface area contributed by atoms with Crippen LogP contribution in [0, 0.1) is 5.41 Å². The van der Waals surface area contributed by atoms with Gasteiger partial charge in [0, 0.05) is 12.0 Å². The van der Waals surface area contributed by atoms with Gasteiger partial charge in [0.05, 0.1) is 18.8 Å². The third-order valence-electron chi connectivity index (χ3n) is 3.03. The Hall–Kier alpha value is -0.0800. The zero-order valence-electron chi connectivity index (χ0n) is 14.2. The van der Waals surface area contributed by atoms with E-state index in [9.17, 15) is 0 Å². The van der Waals surface area contributed by atoms with Crippen molar-refractivity contribution in [2.24, 2.45) is 5.41 Å². The summed E-state index contributed by atoms with van der Waals surface area (Å²) in [7, 11) is 0. The van der Waals surface area contributed by atoms with Crippen molar-refractivity contribution in [3.8, 4) is 0 Å². The smallest absolute Gasteiger partial charge is 0.0598 e. The van der Waals surface area contributed by atoms with Crippen molar-refractivity contribution >= 4 is 0 Å². The van der Waals surface area contributed by atoms with Crippen LogP contribution in [0.1, 0.15) is 80.1 Å². The molecule has 0 aliphatic heterocycles. The van der Waals surface area contributed by atoms with Gasteiger partial charge >= 0.3 is 0 Å². The maximum atomic E-state index is 5.84. The zero-order chi connectivity index (χ0) is 14.8. The van der Waals surface area contributed by atoms with Gasteiger partial charge in [0.2, 0.25) is 0 Å². The Kier molecular flexibility index (Phi) is 9.72. The van der Waals surface area contributed by atoms with E-state index in [0.717, 1.165) is 19.8 Å². The number of ether oxygens (including phenoxy) is 2. The predicted molar refractivity (Wildman–Crippen MR) is 83.7 cm³/mol. The molecule has 19 heavy (non-hydrogen) atoms. The normalized spacial score (nSPS) is 12.9. The largest absolute Gasteiger partial charge is 0.381 e. The minimum absolute atomic E-state index is 0.0590. The quantitative estimate of drug-likeness (QED) is 0.481. The fourth-order valence-corrected chi connectivity index (χ4v) is 1.79. The Morgan fingerprint density at radius 2 is 1.32 bits per heavy atom. The van der Waals surface area contributed by atoms with Gasteiger partial charge in [-0.25, -0.2) is 0 Å². The highest BCUT2D eigenvalue weighted by atomic mass is 16.5. The van der Waals surface area contributed by atoms with Crippen LogP contribution in [-0.4, -0.2) is 25.4 Å². The van der Waals surface area contributed by atoms with Crippen molar-refractivity contribution in [2.75, 3.05) is 19.8 Å². The molecule has 0 saturated heterocycles. The average molecular weight is 272 g/mol. The highest BCUT2D eigenvalue weighted by Crippen LogP contribution is 2.20. The summed E-state index contributed by atoms with van der Waals surface area (Å²) in [5.74, 6) is 0. The maximum Gasteiger partial charge on any atom is 0.0598 e. The van der Waals surface area contributed by atoms with Crippen LogP contribution in [-0.2, 0) is 9.47 Å². The molecule has 0 aliphatic carbocycles. The molecular weight excluding hydrogens is 236 g/mol. The highest BCUT2D eigenvalue weighted by molar-refractivity contribution is 4.70. The molecule has 0 heterocycles. The summed E-state index contributed by atoms with van der Waals surface area (Å²) >= 11 is 0. The van der Waals surface area contributed by atoms with Crippen LogP contribution in [0.15, 0.2) is 0 Å². The Balaban J connectivity index is 3.48. The van der Waals surface area contributed by atoms with Crippen molar-refractivity contribution in [1.29, 1.82) is 0 Å². The van der Waals surface area contributed by atoms with Gasteiger partial charge in [0.15, 0.2) is 0 Å². The Labute approximate surface area is 121 Å². The summed E-state index contributed by atoms with van der Waals surface area (Å²) in [5.41, 5.74) is 0.0477. The molecule has 0 aromatic rings. The van der Waals surface area contributed by atoms with E-state index < -0.39 is 0 Å². The second-order valence-corrected chi connectivity index (χ2v) is 7.39. The third kappa shape index (κ3) is 14.1. The van der Waals surface area contributed by atoms with Crippen molar-refractivity contribution in [3.63, 3.8) is 0 Å². The molecule has 0 aromatic heterocycles. The molecule has 0 aromatic carbocycles. The lowest BCUT2D eigenvalue weighted by Crippen LogP contribution is -2.31. The SMILES string of the molecule is CCCCCCCCOCC(C)(C)COC(C)(C)C. The molecule has 0 unspecified atom stereocenters. The standard InChI is InChI=1S/C17H36O2/c1-7-8-9-10-11-12-13-18-14-17(5,6)15-19-16(2,3)4/h7-15H2,1-6H3. The van der Waals surface area contributed by atoms with Crippen molar-refractivity contribution in [1.82, 2.24) is 0 Å². The molecule has 0 spiro atoms. The van der Waals surface area contributed by atoms with Crippen LogP contribution in [0.3, 0.4) is 0 Å². The van der Waals surface area contributed by atoms with E-state index in [1.165, 1.54) is 38.5 Å². The van der Waals surface area contributed by atoms with E-state index >= 15 is 0 Å². The molecule has 0 fully saturated rings. The molecule has 0 atom stereocenters. The molecule has 2 nitrogen and oxygen atoms in total. The first kappa shape index (κ1) is 18.9. The van der Waals surface area contributed by atoms with Crippen LogP contribution >= 0.6 is 0 Å². The molecule has 0 saturated carbocycles. The minimum atomic E-state index is -0.0590. The van der Waals surface area contributed by atoms with Gasteiger partial charge in [0.25, 0.3) is 0 Å². The first-order valence-electron chi connectivity index (χ1n) is 7.98. The fraction of sp³-hybridized carbons (Fsp3) is 1.00. The lowest BCUT2D eigenvalue weighted by molar-refractivity contribution is -0.0669. The second-order valence-electron chi connectivity index (χ2n) is 7.39. The van der Waals surface area contributed by atoms with Crippen LogP contribution in [0.2, 0.25) is 0 Å². The van der Waals surface area contributed by atoms with Gasteiger partial charge < -0.3 is 9.47 Å². The van der Waals surface area contributed by atoms with E-state index in [2.05, 4.69) is 41.5 Å². The lowest BCUT2D eigenvalue weighted by atomic mass is 9.96. The monoisotopic (exact) mass is 272 g/mol. The van der Waals surface area contributed by atoms with Gasteiger partial charge in [-0.15, -0.1) is 0 Å². The predicted octanol–water partition coefficient (Wildman–Crippen LogP) is 5.20. The highest BCUT2D eigenvalue weighted by Gasteiger charge is 2.22. The molecule has 0 radical (unpaired) electrons. The van der Waals surface area contributed by atoms with Gasteiger partial charge in [-0.05, 0) is 27.2 Å². The molecule has 116 valence electrons. The van der Waals surface area contributed by atoms with Gasteiger partial charge in [-0.3, -0.25) is 0 Å². The molecule has 0 rings (SSSR count). The Morgan fingerprint density at radius 3 is 1.89 bits per heavy atom. The Bertz CT molecular complexity index is 204. The second kappa shape index (κ2) is 9.77. The van der Waals surface area contributed by atoms with Crippen molar-refractivity contribution < 1.29 is 9.47 Å². The van der Waals surface area contributed by atoms with Crippen molar-refractivity contribution in [3.05, 3.63) is 0 Å². The first-order valence-corrected chi connectivity index (χ1v) is 7.98. The molecule has 0 amide bonds. The van der Waals surface area contributed by atoms with E-state index in [0.29, 0.717) is 0 Å². The number of hydrogen-bond acceptors (Lipinski definition) is 2. The Morgan fingerprint density at radius 1 is 0.737 bits per heavy atom. The number of hydrogen-bond donors (Lipinski definition) is 0. The summed E-state index contributed by atoms with van der Waals surface area (Å²) in [6, 6.07) is 0. The number of rotatable bonds is 11. The molecule has 2 heteroatoms. The topological polar surface area (TPSA) is 18.5 Å². The average Bonchev–Trinajstić information content (AvgIpc) is 2.29. The first-order chi connectivity index (χ1) is 8.77. The van der Waals surface area contributed by atoms with Crippen LogP contribution in [0.5, 0.6) is 0 Å². The van der Waals surface area contributed by atoms with Gasteiger partial charge in [-0.2, -0.15) is 0 Å². The van der Waals surface area contributed by atoms with Crippen molar-refractivity contribution in [2.45, 2.75) is 85.7 Å². The number of unbranched alkanes of at least 4 members (excludes halogenated alkanes) is 5. The summed E-state index contributed by atoms with van der Waals surface area (Å²) < 4.78 is 11.6. The summed E-state index contributed by atoms with van der Waals surface area (Å²) in [5, 5.41) is 0. The van der Waals surface area contributed by atoms with E-state index in [1.54, 1.807) is 0 Å². The molecule has 0 N–H and O–H groups in total. The summed E-state index contributed by atoms with van der Waals surface area (Å²) in [4.78, 5) is 0. The van der Waals surface area contributed by atoms with Gasteiger partial charge in [0.1, 0.15) is 0 Å². The molecule has 0 aliphatic rings. The molecule has 0 bridgehead atoms. The lowest BCUT2D eigenvalue weighted by Gasteiger charge is -2.29. The van der Waals surface area contributed by atoms with E-state index in [4.69, 9.17) is 9.47 Å². The minimum Gasteiger partial charge on any atom is -0.381 e.